The van der Waals surface area contributed by atoms with Gasteiger partial charge in [0, 0.05) is 19.6 Å². The highest BCUT2D eigenvalue weighted by atomic mass is 32.2. The topological polar surface area (TPSA) is 40.6 Å². The summed E-state index contributed by atoms with van der Waals surface area (Å²) in [6.45, 7) is 8.82. The van der Waals surface area contributed by atoms with Crippen LogP contribution in [0.3, 0.4) is 0 Å². The van der Waals surface area contributed by atoms with Crippen molar-refractivity contribution in [2.75, 3.05) is 39.0 Å². The highest BCUT2D eigenvalue weighted by molar-refractivity contribution is 7.88. The molecular formula is C10H22N2O2S. The molecule has 0 amide bonds. The van der Waals surface area contributed by atoms with Gasteiger partial charge in [0.2, 0.25) is 10.0 Å². The lowest BCUT2D eigenvalue weighted by Crippen LogP contribution is -2.32. The maximum atomic E-state index is 11.3. The van der Waals surface area contributed by atoms with Crippen LogP contribution in [0.5, 0.6) is 0 Å². The molecule has 1 saturated heterocycles. The second-order valence-corrected chi connectivity index (χ2v) is 6.24. The number of sulfonamides is 1. The van der Waals surface area contributed by atoms with Gasteiger partial charge in [-0.25, -0.2) is 12.7 Å². The molecule has 15 heavy (non-hydrogen) atoms. The third-order valence-corrected chi connectivity index (χ3v) is 4.40. The zero-order chi connectivity index (χ0) is 11.5. The SMILES string of the molecule is CCN(CC)C[C@H]1CCN(S(C)(=O)=O)C1. The molecule has 1 atom stereocenters. The summed E-state index contributed by atoms with van der Waals surface area (Å²) in [5.41, 5.74) is 0. The molecule has 90 valence electrons. The third-order valence-electron chi connectivity index (χ3n) is 3.13. The summed E-state index contributed by atoms with van der Waals surface area (Å²) in [5.74, 6) is 0.514. The number of nitrogens with zero attached hydrogens (tertiary/aromatic N) is 2. The highest BCUT2D eigenvalue weighted by Gasteiger charge is 2.28. The lowest BCUT2D eigenvalue weighted by atomic mass is 10.1. The third kappa shape index (κ3) is 3.74. The van der Waals surface area contributed by atoms with Crippen LogP contribution < -0.4 is 0 Å². The van der Waals surface area contributed by atoms with Crippen LogP contribution in [0.15, 0.2) is 0 Å². The Labute approximate surface area is 93.3 Å². The van der Waals surface area contributed by atoms with Crippen LogP contribution in [0.25, 0.3) is 0 Å². The molecule has 0 spiro atoms. The van der Waals surface area contributed by atoms with E-state index in [9.17, 15) is 8.42 Å². The molecule has 1 aliphatic rings. The Morgan fingerprint density at radius 3 is 2.33 bits per heavy atom. The van der Waals surface area contributed by atoms with Crippen LogP contribution in [0.4, 0.5) is 0 Å². The minimum Gasteiger partial charge on any atom is -0.304 e. The van der Waals surface area contributed by atoms with E-state index in [-0.39, 0.29) is 0 Å². The van der Waals surface area contributed by atoms with Crippen LogP contribution in [0, 0.1) is 5.92 Å². The van der Waals surface area contributed by atoms with Gasteiger partial charge < -0.3 is 4.90 Å². The zero-order valence-electron chi connectivity index (χ0n) is 9.94. The minimum absolute atomic E-state index is 0.514. The van der Waals surface area contributed by atoms with E-state index < -0.39 is 10.0 Å². The van der Waals surface area contributed by atoms with Crippen molar-refractivity contribution in [3.63, 3.8) is 0 Å². The predicted molar refractivity (Wildman–Crippen MR) is 62.3 cm³/mol. The fourth-order valence-electron chi connectivity index (χ4n) is 2.09. The van der Waals surface area contributed by atoms with E-state index in [0.29, 0.717) is 19.0 Å². The maximum absolute atomic E-state index is 11.3. The molecule has 1 fully saturated rings. The van der Waals surface area contributed by atoms with Crippen LogP contribution in [-0.4, -0.2) is 56.6 Å². The van der Waals surface area contributed by atoms with Crippen LogP contribution >= 0.6 is 0 Å². The molecule has 0 aromatic carbocycles. The zero-order valence-corrected chi connectivity index (χ0v) is 10.8. The Kier molecular flexibility index (Phi) is 4.55. The Balaban J connectivity index is 2.43. The summed E-state index contributed by atoms with van der Waals surface area (Å²) in [4.78, 5) is 2.36. The van der Waals surface area contributed by atoms with Gasteiger partial charge in [0.25, 0.3) is 0 Å². The van der Waals surface area contributed by atoms with E-state index in [1.807, 2.05) is 0 Å². The highest BCUT2D eigenvalue weighted by Crippen LogP contribution is 2.19. The molecule has 0 aromatic heterocycles. The van der Waals surface area contributed by atoms with Crippen molar-refractivity contribution in [3.8, 4) is 0 Å². The number of hydrogen-bond donors (Lipinski definition) is 0. The Bertz CT molecular complexity index is 286. The molecule has 0 unspecified atom stereocenters. The monoisotopic (exact) mass is 234 g/mol. The van der Waals surface area contributed by atoms with Crippen molar-refractivity contribution in [1.29, 1.82) is 0 Å². The molecule has 1 heterocycles. The molecule has 0 aromatic rings. The van der Waals surface area contributed by atoms with Gasteiger partial charge in [0.1, 0.15) is 0 Å². The molecule has 1 aliphatic heterocycles. The van der Waals surface area contributed by atoms with Crippen LogP contribution in [0.2, 0.25) is 0 Å². The molecular weight excluding hydrogens is 212 g/mol. The van der Waals surface area contributed by atoms with E-state index in [0.717, 1.165) is 26.1 Å². The first-order valence-electron chi connectivity index (χ1n) is 5.64. The van der Waals surface area contributed by atoms with Gasteiger partial charge in [0.05, 0.1) is 6.26 Å². The largest absolute Gasteiger partial charge is 0.304 e. The van der Waals surface area contributed by atoms with E-state index in [1.54, 1.807) is 4.31 Å². The lowest BCUT2D eigenvalue weighted by molar-refractivity contribution is 0.256. The molecule has 5 heteroatoms. The average Bonchev–Trinajstić information content (AvgIpc) is 2.61. The summed E-state index contributed by atoms with van der Waals surface area (Å²) < 4.78 is 24.2. The standard InChI is InChI=1S/C10H22N2O2S/c1-4-11(5-2)8-10-6-7-12(9-10)15(3,13)14/h10H,4-9H2,1-3H3/t10-/m1/s1. The van der Waals surface area contributed by atoms with Crippen LogP contribution in [-0.2, 0) is 10.0 Å². The van der Waals surface area contributed by atoms with E-state index in [2.05, 4.69) is 18.7 Å². The first-order valence-corrected chi connectivity index (χ1v) is 7.49. The van der Waals surface area contributed by atoms with Crippen molar-refractivity contribution in [1.82, 2.24) is 9.21 Å². The average molecular weight is 234 g/mol. The second-order valence-electron chi connectivity index (χ2n) is 4.26. The van der Waals surface area contributed by atoms with E-state index in [4.69, 9.17) is 0 Å². The normalized spacial score (nSPS) is 23.9. The van der Waals surface area contributed by atoms with Gasteiger partial charge in [-0.15, -0.1) is 0 Å². The molecule has 0 N–H and O–H groups in total. The summed E-state index contributed by atoms with van der Waals surface area (Å²) in [5, 5.41) is 0. The Hall–Kier alpha value is -0.130. The van der Waals surface area contributed by atoms with Crippen molar-refractivity contribution >= 4 is 10.0 Å². The van der Waals surface area contributed by atoms with Gasteiger partial charge in [-0.3, -0.25) is 0 Å². The van der Waals surface area contributed by atoms with E-state index in [1.165, 1.54) is 6.26 Å². The van der Waals surface area contributed by atoms with Gasteiger partial charge in [-0.2, -0.15) is 0 Å². The fourth-order valence-corrected chi connectivity index (χ4v) is 3.01. The quantitative estimate of drug-likeness (QED) is 0.700. The van der Waals surface area contributed by atoms with Crippen molar-refractivity contribution in [3.05, 3.63) is 0 Å². The van der Waals surface area contributed by atoms with E-state index >= 15 is 0 Å². The molecule has 0 bridgehead atoms. The lowest BCUT2D eigenvalue weighted by Gasteiger charge is -2.22. The first-order chi connectivity index (χ1) is 6.97. The summed E-state index contributed by atoms with van der Waals surface area (Å²) >= 11 is 0. The first kappa shape index (κ1) is 12.9. The number of hydrogen-bond acceptors (Lipinski definition) is 3. The van der Waals surface area contributed by atoms with Gasteiger partial charge in [-0.1, -0.05) is 13.8 Å². The molecule has 0 saturated carbocycles. The van der Waals surface area contributed by atoms with Crippen molar-refractivity contribution < 1.29 is 8.42 Å². The smallest absolute Gasteiger partial charge is 0.211 e. The molecule has 1 rings (SSSR count). The fraction of sp³-hybridized carbons (Fsp3) is 1.00. The predicted octanol–water partition coefficient (Wildman–Crippen LogP) is 0.610. The van der Waals surface area contributed by atoms with Gasteiger partial charge in [-0.05, 0) is 25.4 Å². The summed E-state index contributed by atoms with van der Waals surface area (Å²) in [6, 6.07) is 0. The van der Waals surface area contributed by atoms with Gasteiger partial charge in [0.15, 0.2) is 0 Å². The summed E-state index contributed by atoms with van der Waals surface area (Å²) in [7, 11) is -2.97. The van der Waals surface area contributed by atoms with Gasteiger partial charge >= 0.3 is 0 Å². The van der Waals surface area contributed by atoms with Crippen molar-refractivity contribution in [2.45, 2.75) is 20.3 Å². The maximum Gasteiger partial charge on any atom is 0.211 e. The molecule has 0 aliphatic carbocycles. The van der Waals surface area contributed by atoms with Crippen LogP contribution in [0.1, 0.15) is 20.3 Å². The summed E-state index contributed by atoms with van der Waals surface area (Å²) in [6.07, 6.45) is 2.30. The number of rotatable bonds is 5. The Morgan fingerprint density at radius 2 is 1.93 bits per heavy atom. The Morgan fingerprint density at radius 1 is 1.33 bits per heavy atom. The van der Waals surface area contributed by atoms with Crippen molar-refractivity contribution in [2.24, 2.45) is 5.92 Å². The molecule has 4 nitrogen and oxygen atoms in total. The molecule has 0 radical (unpaired) electrons. The second kappa shape index (κ2) is 5.27. The minimum atomic E-state index is -2.97.